The van der Waals surface area contributed by atoms with Crippen LogP contribution in [0.5, 0.6) is 0 Å². The summed E-state index contributed by atoms with van der Waals surface area (Å²) in [5.41, 5.74) is 11.6. The Hall–Kier alpha value is -7.02. The molecule has 0 bridgehead atoms. The Balaban J connectivity index is 1.48. The molecule has 0 aliphatic rings. The van der Waals surface area contributed by atoms with Crippen molar-refractivity contribution in [1.82, 2.24) is 9.13 Å². The van der Waals surface area contributed by atoms with Crippen LogP contribution in [0.3, 0.4) is 0 Å². The second kappa shape index (κ2) is 11.8. The van der Waals surface area contributed by atoms with Crippen LogP contribution in [-0.2, 0) is 0 Å². The van der Waals surface area contributed by atoms with Gasteiger partial charge < -0.3 is 9.13 Å². The van der Waals surface area contributed by atoms with E-state index >= 15 is 8.78 Å². The molecule has 2 aromatic heterocycles. The highest BCUT2D eigenvalue weighted by Crippen LogP contribution is 2.44. The molecule has 0 spiro atoms. The maximum atomic E-state index is 15.1. The average Bonchev–Trinajstić information content (AvgIpc) is 3.64. The topological polar surface area (TPSA) is 57.4 Å². The minimum Gasteiger partial charge on any atom is -0.309 e. The van der Waals surface area contributed by atoms with E-state index in [1.54, 1.807) is 36.4 Å². The molecule has 0 atom stereocenters. The molecule has 0 saturated heterocycles. The van der Waals surface area contributed by atoms with Crippen molar-refractivity contribution in [2.24, 2.45) is 0 Å². The minimum absolute atomic E-state index is 0.406. The van der Waals surface area contributed by atoms with Crippen LogP contribution < -0.4 is 0 Å². The van der Waals surface area contributed by atoms with Gasteiger partial charge in [0.2, 0.25) is 0 Å². The lowest BCUT2D eigenvalue weighted by molar-refractivity contribution is 0.629. The van der Waals surface area contributed by atoms with Gasteiger partial charge in [0.05, 0.1) is 56.7 Å². The van der Waals surface area contributed by atoms with Crippen molar-refractivity contribution < 1.29 is 8.78 Å². The molecule has 0 aliphatic heterocycles. The van der Waals surface area contributed by atoms with Gasteiger partial charge in [0.1, 0.15) is 11.6 Å². The van der Waals surface area contributed by atoms with E-state index in [9.17, 15) is 10.5 Å². The van der Waals surface area contributed by atoms with Gasteiger partial charge in [0, 0.05) is 32.7 Å². The van der Waals surface area contributed by atoms with Gasteiger partial charge in [0.25, 0.3) is 0 Å². The number of rotatable bonds is 4. The number of hydrogen-bond acceptors (Lipinski definition) is 2. The molecule has 246 valence electrons. The Bertz CT molecular complexity index is 2890. The molecule has 0 saturated carbocycles. The summed E-state index contributed by atoms with van der Waals surface area (Å²) in [5, 5.41) is 23.2. The van der Waals surface area contributed by atoms with Gasteiger partial charge >= 0.3 is 0 Å². The lowest BCUT2D eigenvalue weighted by atomic mass is 9.94. The van der Waals surface area contributed by atoms with Gasteiger partial charge in [-0.2, -0.15) is 10.5 Å². The number of nitriles is 2. The molecule has 7 aromatic carbocycles. The predicted molar refractivity (Wildman–Crippen MR) is 205 cm³/mol. The second-order valence-corrected chi connectivity index (χ2v) is 13.3. The molecule has 2 heterocycles. The van der Waals surface area contributed by atoms with Crippen LogP contribution in [0.4, 0.5) is 8.78 Å². The van der Waals surface area contributed by atoms with Crippen LogP contribution in [-0.4, -0.2) is 9.13 Å². The van der Waals surface area contributed by atoms with E-state index in [1.165, 1.54) is 24.3 Å². The fraction of sp³-hybridized carbons (Fsp3) is 0.0435. The summed E-state index contributed by atoms with van der Waals surface area (Å²) in [6, 6.07) is 45.8. The molecule has 0 N–H and O–H groups in total. The third kappa shape index (κ3) is 4.85. The van der Waals surface area contributed by atoms with Crippen molar-refractivity contribution in [3.05, 3.63) is 167 Å². The predicted octanol–water partition coefficient (Wildman–Crippen LogP) is 11.9. The van der Waals surface area contributed by atoms with Crippen molar-refractivity contribution >= 4 is 43.6 Å². The smallest absolute Gasteiger partial charge is 0.125 e. The first-order valence-corrected chi connectivity index (χ1v) is 16.9. The van der Waals surface area contributed by atoms with E-state index in [1.807, 2.05) is 28.8 Å². The number of aromatic nitrogens is 2. The highest BCUT2D eigenvalue weighted by molar-refractivity contribution is 6.12. The molecular formula is C46H28F2N4. The molecule has 6 heteroatoms. The van der Waals surface area contributed by atoms with E-state index in [0.717, 1.165) is 71.6 Å². The summed E-state index contributed by atoms with van der Waals surface area (Å²) >= 11 is 0. The molecule has 0 unspecified atom stereocenters. The summed E-state index contributed by atoms with van der Waals surface area (Å²) in [4.78, 5) is 0. The molecule has 0 amide bonds. The SMILES string of the molecule is Cc1ccc2c(c1)c1cc(C)ccc1n2-c1cc(-c2ccc(C#N)cc2)c(-n2c3cc(F)ccc3c3ccc(F)cc32)cc1-c1ccc(C#N)cc1. The lowest BCUT2D eigenvalue weighted by Crippen LogP contribution is -2.04. The summed E-state index contributed by atoms with van der Waals surface area (Å²) < 4.78 is 34.4. The van der Waals surface area contributed by atoms with Gasteiger partial charge in [-0.25, -0.2) is 8.78 Å². The maximum absolute atomic E-state index is 15.1. The zero-order valence-corrected chi connectivity index (χ0v) is 28.2. The lowest BCUT2D eigenvalue weighted by Gasteiger charge is -2.21. The van der Waals surface area contributed by atoms with E-state index in [-0.39, 0.29) is 0 Å². The van der Waals surface area contributed by atoms with Crippen LogP contribution in [0.15, 0.2) is 133 Å². The molecule has 4 nitrogen and oxygen atoms in total. The Morgan fingerprint density at radius 1 is 0.423 bits per heavy atom. The third-order valence-electron chi connectivity index (χ3n) is 10.0. The first kappa shape index (κ1) is 31.0. The molecule has 52 heavy (non-hydrogen) atoms. The van der Waals surface area contributed by atoms with E-state index in [0.29, 0.717) is 27.8 Å². The number of aryl methyl sites for hydroxylation is 2. The Morgan fingerprint density at radius 3 is 1.23 bits per heavy atom. The Kier molecular flexibility index (Phi) is 7.03. The number of nitrogens with zero attached hydrogens (tertiary/aromatic N) is 4. The third-order valence-corrected chi connectivity index (χ3v) is 10.0. The first-order chi connectivity index (χ1) is 25.3. The molecule has 0 fully saturated rings. The summed E-state index contributed by atoms with van der Waals surface area (Å²) in [6.45, 7) is 4.19. The number of halogens is 2. The highest BCUT2D eigenvalue weighted by atomic mass is 19.1. The van der Waals surface area contributed by atoms with Crippen molar-refractivity contribution in [1.29, 1.82) is 10.5 Å². The van der Waals surface area contributed by atoms with Crippen molar-refractivity contribution in [3.8, 4) is 45.8 Å². The standard InChI is InChI=1S/C46H28F2N4/c1-27-3-17-41-39(19-27)40-20-28(2)4-18-42(40)51(41)45-23-38(32-11-7-30(26-50)8-12-32)46(24-37(45)31-9-5-29(25-49)6-10-31)52-43-21-33(47)13-15-35(43)36-16-14-34(48)22-44(36)52/h3-24H,1-2H3. The molecule has 9 rings (SSSR count). The molecule has 9 aromatic rings. The van der Waals surface area contributed by atoms with Crippen molar-refractivity contribution in [3.63, 3.8) is 0 Å². The van der Waals surface area contributed by atoms with E-state index < -0.39 is 11.6 Å². The monoisotopic (exact) mass is 674 g/mol. The van der Waals surface area contributed by atoms with Crippen LogP contribution in [0.2, 0.25) is 0 Å². The Labute approximate surface area is 298 Å². The van der Waals surface area contributed by atoms with Crippen molar-refractivity contribution in [2.45, 2.75) is 13.8 Å². The highest BCUT2D eigenvalue weighted by Gasteiger charge is 2.23. The summed E-state index contributed by atoms with van der Waals surface area (Å²) in [6.07, 6.45) is 0. The molecule has 0 aliphatic carbocycles. The molecule has 0 radical (unpaired) electrons. The quantitative estimate of drug-likeness (QED) is 0.187. The number of hydrogen-bond donors (Lipinski definition) is 0. The largest absolute Gasteiger partial charge is 0.309 e. The number of fused-ring (bicyclic) bond motifs is 6. The second-order valence-electron chi connectivity index (χ2n) is 13.3. The van der Waals surface area contributed by atoms with E-state index in [2.05, 4.69) is 79.1 Å². The van der Waals surface area contributed by atoms with Gasteiger partial charge in [-0.05, 0) is 122 Å². The van der Waals surface area contributed by atoms with Crippen LogP contribution in [0.1, 0.15) is 22.3 Å². The van der Waals surface area contributed by atoms with Gasteiger partial charge in [0.15, 0.2) is 0 Å². The fourth-order valence-corrected chi connectivity index (χ4v) is 7.59. The summed E-state index contributed by atoms with van der Waals surface area (Å²) in [5.74, 6) is -0.812. The fourth-order valence-electron chi connectivity index (χ4n) is 7.59. The zero-order chi connectivity index (χ0) is 35.7. The van der Waals surface area contributed by atoms with E-state index in [4.69, 9.17) is 0 Å². The maximum Gasteiger partial charge on any atom is 0.125 e. The zero-order valence-electron chi connectivity index (χ0n) is 28.2. The minimum atomic E-state index is -0.406. The van der Waals surface area contributed by atoms with Gasteiger partial charge in [-0.3, -0.25) is 0 Å². The van der Waals surface area contributed by atoms with Crippen molar-refractivity contribution in [2.75, 3.05) is 0 Å². The summed E-state index contributed by atoms with van der Waals surface area (Å²) in [7, 11) is 0. The molecular weight excluding hydrogens is 647 g/mol. The average molecular weight is 675 g/mol. The van der Waals surface area contributed by atoms with Gasteiger partial charge in [-0.1, -0.05) is 47.5 Å². The Morgan fingerprint density at radius 2 is 0.827 bits per heavy atom. The first-order valence-electron chi connectivity index (χ1n) is 16.9. The van der Waals surface area contributed by atoms with Crippen LogP contribution >= 0.6 is 0 Å². The van der Waals surface area contributed by atoms with Crippen LogP contribution in [0, 0.1) is 48.1 Å². The normalized spacial score (nSPS) is 11.4. The number of benzene rings is 7. The van der Waals surface area contributed by atoms with Crippen LogP contribution in [0.25, 0.3) is 77.2 Å². The van der Waals surface area contributed by atoms with Gasteiger partial charge in [-0.15, -0.1) is 0 Å².